The number of aromatic nitrogens is 2. The molecule has 0 bridgehead atoms. The number of aliphatic carboxylic acids is 1. The summed E-state index contributed by atoms with van der Waals surface area (Å²) in [7, 11) is 3.47. The predicted molar refractivity (Wildman–Crippen MR) is 98.9 cm³/mol. The van der Waals surface area contributed by atoms with Gasteiger partial charge in [0.1, 0.15) is 12.4 Å². The zero-order valence-corrected chi connectivity index (χ0v) is 16.8. The van der Waals surface area contributed by atoms with E-state index in [4.69, 9.17) is 19.4 Å². The van der Waals surface area contributed by atoms with Crippen LogP contribution in [0.5, 0.6) is 0 Å². The number of alkyl halides is 3. The molecule has 1 aromatic heterocycles. The number of carboxylic acid groups (broad SMARTS) is 1. The molecule has 1 unspecified atom stereocenters. The van der Waals surface area contributed by atoms with Crippen molar-refractivity contribution in [2.75, 3.05) is 45.3 Å². The van der Waals surface area contributed by atoms with Gasteiger partial charge >= 0.3 is 12.1 Å². The molecule has 2 aliphatic rings. The third kappa shape index (κ3) is 6.80. The van der Waals surface area contributed by atoms with Crippen molar-refractivity contribution in [2.45, 2.75) is 37.1 Å². The Labute approximate surface area is 171 Å². The van der Waals surface area contributed by atoms with Gasteiger partial charge < -0.3 is 24.4 Å². The Kier molecular flexibility index (Phi) is 7.96. The van der Waals surface area contributed by atoms with Crippen LogP contribution in [-0.4, -0.2) is 90.1 Å². The third-order valence-corrected chi connectivity index (χ3v) is 4.91. The van der Waals surface area contributed by atoms with Crippen molar-refractivity contribution in [3.8, 4) is 0 Å². The molecule has 1 aromatic rings. The van der Waals surface area contributed by atoms with E-state index in [0.717, 1.165) is 38.2 Å². The minimum atomic E-state index is -5.08. The molecule has 0 aliphatic carbocycles. The average molecular weight is 434 g/mol. The Morgan fingerprint density at radius 1 is 1.33 bits per heavy atom. The number of carbonyl (C=O) groups is 2. The number of carboxylic acids is 1. The number of piperidine rings is 1. The van der Waals surface area contributed by atoms with Gasteiger partial charge in [-0.15, -0.1) is 0 Å². The molecule has 2 saturated heterocycles. The summed E-state index contributed by atoms with van der Waals surface area (Å²) in [5, 5.41) is 7.12. The maximum atomic E-state index is 11.6. The van der Waals surface area contributed by atoms with Crippen molar-refractivity contribution in [3.63, 3.8) is 0 Å². The second kappa shape index (κ2) is 10.0. The smallest absolute Gasteiger partial charge is 0.475 e. The lowest BCUT2D eigenvalue weighted by Crippen LogP contribution is -2.44. The van der Waals surface area contributed by atoms with Crippen molar-refractivity contribution in [1.82, 2.24) is 14.9 Å². The minimum absolute atomic E-state index is 0.0107. The largest absolute Gasteiger partial charge is 0.490 e. The molecule has 0 radical (unpaired) electrons. The molecule has 3 rings (SSSR count). The Morgan fingerprint density at radius 2 is 1.97 bits per heavy atom. The second-order valence-electron chi connectivity index (χ2n) is 7.27. The van der Waals surface area contributed by atoms with Gasteiger partial charge in [0.25, 0.3) is 0 Å². The number of hydrogen-bond donors (Lipinski definition) is 1. The molecule has 2 fully saturated rings. The molecule has 1 atom stereocenters. The quantitative estimate of drug-likeness (QED) is 0.757. The number of nitrogens with zero attached hydrogens (tertiary/aromatic N) is 4. The molecule has 9 nitrogen and oxygen atoms in total. The highest BCUT2D eigenvalue weighted by atomic mass is 19.4. The van der Waals surface area contributed by atoms with Crippen LogP contribution in [0, 0.1) is 0 Å². The average Bonchev–Trinajstić information content (AvgIpc) is 3.09. The molecule has 1 spiro atoms. The van der Waals surface area contributed by atoms with Crippen LogP contribution in [0.25, 0.3) is 0 Å². The van der Waals surface area contributed by atoms with E-state index in [2.05, 4.69) is 14.9 Å². The number of amides is 1. The summed E-state index contributed by atoms with van der Waals surface area (Å²) in [6.07, 6.45) is 2.90. The number of hydrogen-bond acceptors (Lipinski definition) is 7. The second-order valence-corrected chi connectivity index (χ2v) is 7.27. The normalized spacial score (nSPS) is 20.4. The first-order valence-electron chi connectivity index (χ1n) is 9.29. The highest BCUT2D eigenvalue weighted by Gasteiger charge is 2.43. The lowest BCUT2D eigenvalue weighted by atomic mass is 9.88. The van der Waals surface area contributed by atoms with Crippen LogP contribution >= 0.6 is 0 Å². The van der Waals surface area contributed by atoms with Gasteiger partial charge in [0, 0.05) is 46.0 Å². The lowest BCUT2D eigenvalue weighted by Gasteiger charge is -2.39. The topological polar surface area (TPSA) is 105 Å². The van der Waals surface area contributed by atoms with Gasteiger partial charge in [0.05, 0.1) is 24.5 Å². The van der Waals surface area contributed by atoms with Crippen LogP contribution in [0.15, 0.2) is 18.6 Å². The summed E-state index contributed by atoms with van der Waals surface area (Å²) < 4.78 is 43.5. The monoisotopic (exact) mass is 434 g/mol. The van der Waals surface area contributed by atoms with Crippen molar-refractivity contribution in [3.05, 3.63) is 18.6 Å². The van der Waals surface area contributed by atoms with E-state index < -0.39 is 12.1 Å². The maximum Gasteiger partial charge on any atom is 0.490 e. The van der Waals surface area contributed by atoms with E-state index in [0.29, 0.717) is 6.61 Å². The number of likely N-dealkylation sites (N-methyl/N-ethyl adjacent to an activating group) is 1. The predicted octanol–water partition coefficient (Wildman–Crippen LogP) is 1.34. The van der Waals surface area contributed by atoms with Crippen molar-refractivity contribution in [2.24, 2.45) is 0 Å². The van der Waals surface area contributed by atoms with E-state index >= 15 is 0 Å². The molecule has 168 valence electrons. The molecule has 1 amide bonds. The van der Waals surface area contributed by atoms with E-state index in [-0.39, 0.29) is 24.2 Å². The van der Waals surface area contributed by atoms with Gasteiger partial charge in [-0.1, -0.05) is 0 Å². The van der Waals surface area contributed by atoms with Crippen LogP contribution in [0.4, 0.5) is 19.0 Å². The Hall–Kier alpha value is -2.47. The molecule has 12 heteroatoms. The van der Waals surface area contributed by atoms with Crippen molar-refractivity contribution >= 4 is 17.7 Å². The zero-order valence-electron chi connectivity index (χ0n) is 16.8. The molecular weight excluding hydrogens is 409 g/mol. The Morgan fingerprint density at radius 3 is 2.47 bits per heavy atom. The number of carbonyl (C=O) groups excluding carboxylic acids is 1. The fourth-order valence-electron chi connectivity index (χ4n) is 3.17. The van der Waals surface area contributed by atoms with Crippen LogP contribution in [-0.2, 0) is 19.1 Å². The third-order valence-electron chi connectivity index (χ3n) is 4.91. The molecule has 0 saturated carbocycles. The van der Waals surface area contributed by atoms with Gasteiger partial charge in [-0.25, -0.2) is 9.78 Å². The molecule has 2 aliphatic heterocycles. The molecule has 30 heavy (non-hydrogen) atoms. The highest BCUT2D eigenvalue weighted by Crippen LogP contribution is 2.37. The summed E-state index contributed by atoms with van der Waals surface area (Å²) >= 11 is 0. The van der Waals surface area contributed by atoms with Gasteiger partial charge in [0.2, 0.25) is 5.91 Å². The van der Waals surface area contributed by atoms with E-state index in [1.165, 1.54) is 0 Å². The number of rotatable bonds is 4. The number of ether oxygens (including phenoxy) is 2. The Bertz CT molecular complexity index is 710. The van der Waals surface area contributed by atoms with Crippen molar-refractivity contribution < 1.29 is 37.3 Å². The van der Waals surface area contributed by atoms with Crippen LogP contribution in [0.1, 0.15) is 19.3 Å². The van der Waals surface area contributed by atoms with Crippen molar-refractivity contribution in [1.29, 1.82) is 0 Å². The van der Waals surface area contributed by atoms with E-state index in [9.17, 15) is 18.0 Å². The molecular formula is C18H25F3N4O5. The fraction of sp³-hybridized carbons (Fsp3) is 0.667. The zero-order chi connectivity index (χ0) is 22.4. The first kappa shape index (κ1) is 23.8. The summed E-state index contributed by atoms with van der Waals surface area (Å²) in [6, 6.07) is 0. The van der Waals surface area contributed by atoms with E-state index in [1.807, 2.05) is 0 Å². The van der Waals surface area contributed by atoms with Gasteiger partial charge in [0.15, 0.2) is 0 Å². The molecule has 3 heterocycles. The minimum Gasteiger partial charge on any atom is -0.475 e. The van der Waals surface area contributed by atoms with E-state index in [1.54, 1.807) is 37.6 Å². The number of halogens is 3. The van der Waals surface area contributed by atoms with Gasteiger partial charge in [-0.2, -0.15) is 13.2 Å². The summed E-state index contributed by atoms with van der Waals surface area (Å²) in [5.74, 6) is -1.85. The first-order chi connectivity index (χ1) is 14.0. The summed E-state index contributed by atoms with van der Waals surface area (Å²) in [5.41, 5.74) is -0.107. The highest BCUT2D eigenvalue weighted by molar-refractivity contribution is 5.76. The summed E-state index contributed by atoms with van der Waals surface area (Å²) in [6.45, 7) is 2.51. The maximum absolute atomic E-state index is 11.6. The Balaban J connectivity index is 0.000000396. The molecule has 1 N–H and O–H groups in total. The summed E-state index contributed by atoms with van der Waals surface area (Å²) in [4.78, 5) is 32.8. The standard InChI is InChI=1S/C16H24N4O3.C2HF3O2/c1-19(2)15(21)12-22-13-9-16(23-11-13)3-7-20(8-4-16)14-10-17-5-6-18-14;3-2(4,5)1(6)7/h5-6,10,13H,3-4,7-9,11-12H2,1-2H3;(H,6,7). The molecule has 0 aromatic carbocycles. The van der Waals surface area contributed by atoms with Gasteiger partial charge in [-0.3, -0.25) is 9.78 Å². The van der Waals surface area contributed by atoms with Gasteiger partial charge in [-0.05, 0) is 12.8 Å². The lowest BCUT2D eigenvalue weighted by molar-refractivity contribution is -0.192. The number of anilines is 1. The van der Waals surface area contributed by atoms with Crippen LogP contribution < -0.4 is 4.90 Å². The SMILES string of the molecule is CN(C)C(=O)COC1COC2(CCN(c3cnccn3)CC2)C1.O=C(O)C(F)(F)F. The first-order valence-corrected chi connectivity index (χ1v) is 9.29. The fourth-order valence-corrected chi connectivity index (χ4v) is 3.17. The van der Waals surface area contributed by atoms with Crippen LogP contribution in [0.3, 0.4) is 0 Å². The van der Waals surface area contributed by atoms with Crippen LogP contribution in [0.2, 0.25) is 0 Å².